The number of nitrogens with zero attached hydrogens (tertiary/aromatic N) is 3. The first-order valence-electron chi connectivity index (χ1n) is 6.80. The average Bonchev–Trinajstić information content (AvgIpc) is 2.43. The molecule has 1 aromatic heterocycles. The van der Waals surface area contributed by atoms with Crippen LogP contribution < -0.4 is 5.32 Å². The quantitative estimate of drug-likeness (QED) is 0.861. The van der Waals surface area contributed by atoms with Gasteiger partial charge >= 0.3 is 6.03 Å². The van der Waals surface area contributed by atoms with Crippen LogP contribution in [0.2, 0.25) is 0 Å². The van der Waals surface area contributed by atoms with Gasteiger partial charge in [-0.1, -0.05) is 6.92 Å². The first kappa shape index (κ1) is 15.2. The summed E-state index contributed by atoms with van der Waals surface area (Å²) in [5.41, 5.74) is 0.0142. The molecule has 2 heterocycles. The molecule has 0 aliphatic carbocycles. The van der Waals surface area contributed by atoms with Crippen LogP contribution in [-0.4, -0.2) is 64.6 Å². The molecule has 1 aromatic rings. The standard InChI is InChI=1S/C14H20N4O3/c1-4-14(21)8-18(9-14)13(20)16-10-5-6-15-11(7-10)12(19)17(2)3/h5-7,21H,4,8-9H2,1-3H3,(H,15,16,20). The van der Waals surface area contributed by atoms with Gasteiger partial charge in [0.1, 0.15) is 5.69 Å². The van der Waals surface area contributed by atoms with Crippen molar-refractivity contribution in [2.45, 2.75) is 18.9 Å². The van der Waals surface area contributed by atoms with Gasteiger partial charge in [0.15, 0.2) is 0 Å². The molecular formula is C14H20N4O3. The Hall–Kier alpha value is -2.15. The molecule has 7 nitrogen and oxygen atoms in total. The molecule has 0 spiro atoms. The van der Waals surface area contributed by atoms with Crippen LogP contribution in [0.4, 0.5) is 10.5 Å². The van der Waals surface area contributed by atoms with E-state index >= 15 is 0 Å². The molecule has 2 rings (SSSR count). The van der Waals surface area contributed by atoms with Gasteiger partial charge in [0, 0.05) is 26.0 Å². The highest BCUT2D eigenvalue weighted by atomic mass is 16.3. The summed E-state index contributed by atoms with van der Waals surface area (Å²) in [6.45, 7) is 2.53. The Morgan fingerprint density at radius 2 is 2.14 bits per heavy atom. The fraction of sp³-hybridized carbons (Fsp3) is 0.500. The zero-order chi connectivity index (χ0) is 15.6. The number of β-amino-alcohol motifs (C(OH)–C–C–N with tert-alkyl or cyclic N) is 1. The number of carbonyl (C=O) groups excluding carboxylic acids is 2. The SMILES string of the molecule is CCC1(O)CN(C(=O)Nc2ccnc(C(=O)N(C)C)c2)C1. The van der Waals surface area contributed by atoms with Crippen LogP contribution in [0.1, 0.15) is 23.8 Å². The smallest absolute Gasteiger partial charge is 0.322 e. The van der Waals surface area contributed by atoms with Gasteiger partial charge in [-0.2, -0.15) is 0 Å². The Morgan fingerprint density at radius 3 is 2.71 bits per heavy atom. The van der Waals surface area contributed by atoms with E-state index in [4.69, 9.17) is 0 Å². The number of aliphatic hydroxyl groups is 1. The molecule has 0 unspecified atom stereocenters. The number of hydrogen-bond acceptors (Lipinski definition) is 4. The van der Waals surface area contributed by atoms with E-state index in [9.17, 15) is 14.7 Å². The van der Waals surface area contributed by atoms with Crippen molar-refractivity contribution in [1.82, 2.24) is 14.8 Å². The summed E-state index contributed by atoms with van der Waals surface area (Å²) >= 11 is 0. The number of pyridine rings is 1. The Bertz CT molecular complexity index is 553. The Balaban J connectivity index is 1.99. The third-order valence-electron chi connectivity index (χ3n) is 3.55. The Morgan fingerprint density at radius 1 is 1.48 bits per heavy atom. The molecule has 0 saturated carbocycles. The van der Waals surface area contributed by atoms with Gasteiger partial charge in [-0.15, -0.1) is 0 Å². The zero-order valence-corrected chi connectivity index (χ0v) is 12.5. The van der Waals surface area contributed by atoms with Crippen LogP contribution in [0.5, 0.6) is 0 Å². The minimum absolute atomic E-state index is 0.226. The van der Waals surface area contributed by atoms with Crippen LogP contribution in [0.3, 0.4) is 0 Å². The molecule has 2 N–H and O–H groups in total. The number of amides is 3. The second-order valence-corrected chi connectivity index (χ2v) is 5.49. The molecule has 3 amide bonds. The van der Waals surface area contributed by atoms with Gasteiger partial charge in [-0.25, -0.2) is 4.79 Å². The first-order chi connectivity index (χ1) is 9.84. The molecule has 1 fully saturated rings. The maximum Gasteiger partial charge on any atom is 0.322 e. The van der Waals surface area contributed by atoms with E-state index in [2.05, 4.69) is 10.3 Å². The third kappa shape index (κ3) is 3.30. The van der Waals surface area contributed by atoms with Crippen molar-refractivity contribution in [1.29, 1.82) is 0 Å². The molecule has 1 saturated heterocycles. The highest BCUT2D eigenvalue weighted by molar-refractivity contribution is 5.95. The largest absolute Gasteiger partial charge is 0.386 e. The highest BCUT2D eigenvalue weighted by Crippen LogP contribution is 2.24. The van der Waals surface area contributed by atoms with Gasteiger partial charge < -0.3 is 20.2 Å². The van der Waals surface area contributed by atoms with E-state index in [-0.39, 0.29) is 17.6 Å². The van der Waals surface area contributed by atoms with Crippen LogP contribution in [0.15, 0.2) is 18.3 Å². The second kappa shape index (κ2) is 5.69. The molecule has 0 atom stereocenters. The van der Waals surface area contributed by atoms with Gasteiger partial charge in [0.25, 0.3) is 5.91 Å². The van der Waals surface area contributed by atoms with Crippen molar-refractivity contribution in [2.24, 2.45) is 0 Å². The van der Waals surface area contributed by atoms with Crippen molar-refractivity contribution in [2.75, 3.05) is 32.5 Å². The van der Waals surface area contributed by atoms with Crippen LogP contribution in [0, 0.1) is 0 Å². The van der Waals surface area contributed by atoms with Gasteiger partial charge in [0.2, 0.25) is 0 Å². The predicted octanol–water partition coefficient (Wildman–Crippen LogP) is 0.772. The molecule has 1 aliphatic rings. The maximum absolute atomic E-state index is 12.0. The van der Waals surface area contributed by atoms with Crippen LogP contribution >= 0.6 is 0 Å². The minimum Gasteiger partial charge on any atom is -0.386 e. The fourth-order valence-electron chi connectivity index (χ4n) is 2.09. The lowest BCUT2D eigenvalue weighted by Crippen LogP contribution is -2.63. The first-order valence-corrected chi connectivity index (χ1v) is 6.80. The number of nitrogens with one attached hydrogen (secondary N) is 1. The maximum atomic E-state index is 12.0. The summed E-state index contributed by atoms with van der Waals surface area (Å²) in [5, 5.41) is 12.6. The monoisotopic (exact) mass is 292 g/mol. The van der Waals surface area contributed by atoms with Crippen molar-refractivity contribution < 1.29 is 14.7 Å². The molecule has 7 heteroatoms. The van der Waals surface area contributed by atoms with Crippen molar-refractivity contribution in [3.63, 3.8) is 0 Å². The lowest BCUT2D eigenvalue weighted by molar-refractivity contribution is -0.0755. The third-order valence-corrected chi connectivity index (χ3v) is 3.55. The van der Waals surface area contributed by atoms with Gasteiger partial charge in [-0.05, 0) is 18.6 Å². The van der Waals surface area contributed by atoms with E-state index in [0.29, 0.717) is 25.2 Å². The van der Waals surface area contributed by atoms with E-state index < -0.39 is 5.60 Å². The summed E-state index contributed by atoms with van der Waals surface area (Å²) in [6.07, 6.45) is 2.10. The number of urea groups is 1. The molecule has 1 aliphatic heterocycles. The Labute approximate surface area is 123 Å². The number of anilines is 1. The lowest BCUT2D eigenvalue weighted by Gasteiger charge is -2.45. The van der Waals surface area contributed by atoms with E-state index in [1.165, 1.54) is 22.1 Å². The summed E-state index contributed by atoms with van der Waals surface area (Å²) in [6, 6.07) is 2.87. The minimum atomic E-state index is -0.762. The highest BCUT2D eigenvalue weighted by Gasteiger charge is 2.42. The number of hydrogen-bond donors (Lipinski definition) is 2. The van der Waals surface area contributed by atoms with Crippen LogP contribution in [0.25, 0.3) is 0 Å². The second-order valence-electron chi connectivity index (χ2n) is 5.49. The molecule has 114 valence electrons. The van der Waals surface area contributed by atoms with Gasteiger partial charge in [-0.3, -0.25) is 9.78 Å². The van der Waals surface area contributed by atoms with Crippen LogP contribution in [-0.2, 0) is 0 Å². The molecule has 21 heavy (non-hydrogen) atoms. The number of aromatic nitrogens is 1. The molecular weight excluding hydrogens is 272 g/mol. The molecule has 0 aromatic carbocycles. The fourth-order valence-corrected chi connectivity index (χ4v) is 2.09. The molecule has 0 radical (unpaired) electrons. The van der Waals surface area contributed by atoms with E-state index in [1.807, 2.05) is 6.92 Å². The van der Waals surface area contributed by atoms with Crippen molar-refractivity contribution in [3.8, 4) is 0 Å². The summed E-state index contributed by atoms with van der Waals surface area (Å²) in [7, 11) is 3.28. The summed E-state index contributed by atoms with van der Waals surface area (Å²) in [4.78, 5) is 30.7. The Kier molecular flexibility index (Phi) is 4.13. The normalized spacial score (nSPS) is 16.1. The topological polar surface area (TPSA) is 85.8 Å². The summed E-state index contributed by atoms with van der Waals surface area (Å²) < 4.78 is 0. The lowest BCUT2D eigenvalue weighted by atomic mass is 9.92. The predicted molar refractivity (Wildman–Crippen MR) is 78.1 cm³/mol. The zero-order valence-electron chi connectivity index (χ0n) is 12.5. The molecule has 0 bridgehead atoms. The number of likely N-dealkylation sites (tertiary alicyclic amines) is 1. The van der Waals surface area contributed by atoms with Crippen molar-refractivity contribution in [3.05, 3.63) is 24.0 Å². The van der Waals surface area contributed by atoms with Gasteiger partial charge in [0.05, 0.1) is 18.7 Å². The average molecular weight is 292 g/mol. The summed E-state index contributed by atoms with van der Waals surface area (Å²) in [5.74, 6) is -0.226. The number of carbonyl (C=O) groups is 2. The van der Waals surface area contributed by atoms with Crippen molar-refractivity contribution >= 4 is 17.6 Å². The van der Waals surface area contributed by atoms with E-state index in [1.54, 1.807) is 20.2 Å². The number of rotatable bonds is 3. The van der Waals surface area contributed by atoms with E-state index in [0.717, 1.165) is 0 Å².